The van der Waals surface area contributed by atoms with Crippen LogP contribution in [0.5, 0.6) is 0 Å². The number of nitrogens with zero attached hydrogens (tertiary/aromatic N) is 1. The number of benzene rings is 1. The first-order valence-electron chi connectivity index (χ1n) is 6.31. The third kappa shape index (κ3) is 4.61. The lowest BCUT2D eigenvalue weighted by molar-refractivity contribution is -0.136. The molecule has 0 fully saturated rings. The predicted molar refractivity (Wildman–Crippen MR) is 82.9 cm³/mol. The number of nitrogens with one attached hydrogen (secondary N) is 2. The van der Waals surface area contributed by atoms with Crippen LogP contribution in [-0.4, -0.2) is 23.1 Å². The Labute approximate surface area is 127 Å². The molecule has 0 unspecified atom stereocenters. The first-order valence-corrected chi connectivity index (χ1v) is 7.53. The number of carbonyl (C=O) groups excluding carboxylic acids is 2. The van der Waals surface area contributed by atoms with Crippen LogP contribution in [0, 0.1) is 0 Å². The van der Waals surface area contributed by atoms with Crippen LogP contribution in [0.1, 0.15) is 5.56 Å². The van der Waals surface area contributed by atoms with Crippen molar-refractivity contribution in [1.82, 2.24) is 10.3 Å². The van der Waals surface area contributed by atoms with Crippen molar-refractivity contribution in [3.63, 3.8) is 0 Å². The molecule has 0 atom stereocenters. The van der Waals surface area contributed by atoms with E-state index in [1.165, 1.54) is 0 Å². The highest BCUT2D eigenvalue weighted by Crippen LogP contribution is 2.18. The van der Waals surface area contributed by atoms with Crippen LogP contribution in [0.15, 0.2) is 53.7 Å². The molecular formula is C15H15N3O2S. The Balaban J connectivity index is 1.89. The maximum Gasteiger partial charge on any atom is 0.313 e. The number of aromatic nitrogens is 1. The average Bonchev–Trinajstić information content (AvgIpc) is 2.53. The highest BCUT2D eigenvalue weighted by atomic mass is 32.2. The molecule has 0 saturated heterocycles. The summed E-state index contributed by atoms with van der Waals surface area (Å²) in [6, 6.07) is 10.9. The third-order valence-corrected chi connectivity index (χ3v) is 3.44. The molecule has 2 aromatic rings. The number of amides is 2. The molecule has 0 radical (unpaired) electrons. The van der Waals surface area contributed by atoms with E-state index in [-0.39, 0.29) is 6.54 Å². The molecule has 0 aliphatic rings. The van der Waals surface area contributed by atoms with E-state index in [2.05, 4.69) is 15.6 Å². The van der Waals surface area contributed by atoms with E-state index >= 15 is 0 Å². The quantitative estimate of drug-likeness (QED) is 0.670. The fourth-order valence-electron chi connectivity index (χ4n) is 1.65. The van der Waals surface area contributed by atoms with E-state index in [1.807, 2.05) is 30.5 Å². The van der Waals surface area contributed by atoms with Crippen molar-refractivity contribution < 1.29 is 9.59 Å². The Bertz CT molecular complexity index is 632. The smallest absolute Gasteiger partial charge is 0.313 e. The molecule has 5 nitrogen and oxygen atoms in total. The largest absolute Gasteiger partial charge is 0.344 e. The standard InChI is InChI=1S/C15H15N3O2S/c1-21-13-6-2-5-12(8-13)18-15(20)14(19)17-10-11-4-3-7-16-9-11/h2-9H,10H2,1H3,(H,17,19)(H,18,20). The molecule has 1 aromatic heterocycles. The number of hydrogen-bond donors (Lipinski definition) is 2. The third-order valence-electron chi connectivity index (χ3n) is 2.71. The van der Waals surface area contributed by atoms with Crippen molar-refractivity contribution in [2.45, 2.75) is 11.4 Å². The predicted octanol–water partition coefficient (Wildman–Crippen LogP) is 2.06. The van der Waals surface area contributed by atoms with Gasteiger partial charge in [-0.15, -0.1) is 11.8 Å². The van der Waals surface area contributed by atoms with Crippen LogP contribution in [0.25, 0.3) is 0 Å². The summed E-state index contributed by atoms with van der Waals surface area (Å²) in [6.45, 7) is 0.269. The molecule has 0 spiro atoms. The first-order chi connectivity index (χ1) is 10.2. The fourth-order valence-corrected chi connectivity index (χ4v) is 2.11. The Hall–Kier alpha value is -2.34. The van der Waals surface area contributed by atoms with E-state index in [1.54, 1.807) is 36.3 Å². The minimum absolute atomic E-state index is 0.269. The summed E-state index contributed by atoms with van der Waals surface area (Å²) >= 11 is 1.57. The van der Waals surface area contributed by atoms with Gasteiger partial charge < -0.3 is 10.6 Å². The molecule has 0 bridgehead atoms. The molecule has 0 aliphatic carbocycles. The monoisotopic (exact) mass is 301 g/mol. The highest BCUT2D eigenvalue weighted by molar-refractivity contribution is 7.98. The van der Waals surface area contributed by atoms with Gasteiger partial charge in [-0.3, -0.25) is 14.6 Å². The summed E-state index contributed by atoms with van der Waals surface area (Å²) in [4.78, 5) is 28.5. The van der Waals surface area contributed by atoms with Gasteiger partial charge >= 0.3 is 11.8 Å². The van der Waals surface area contributed by atoms with Crippen LogP contribution in [0.3, 0.4) is 0 Å². The lowest BCUT2D eigenvalue weighted by atomic mass is 10.3. The van der Waals surface area contributed by atoms with Gasteiger partial charge in [0.1, 0.15) is 0 Å². The second-order valence-electron chi connectivity index (χ2n) is 4.23. The van der Waals surface area contributed by atoms with Gasteiger partial charge in [-0.25, -0.2) is 0 Å². The van der Waals surface area contributed by atoms with Crippen LogP contribution >= 0.6 is 11.8 Å². The number of hydrogen-bond acceptors (Lipinski definition) is 4. The molecule has 0 aliphatic heterocycles. The SMILES string of the molecule is CSc1cccc(NC(=O)C(=O)NCc2cccnc2)c1. The summed E-state index contributed by atoms with van der Waals surface area (Å²) < 4.78 is 0. The molecule has 108 valence electrons. The maximum atomic E-state index is 11.8. The second kappa shape index (κ2) is 7.44. The normalized spacial score (nSPS) is 9.95. The first kappa shape index (κ1) is 15.1. The zero-order chi connectivity index (χ0) is 15.1. The van der Waals surface area contributed by atoms with Crippen LogP contribution < -0.4 is 10.6 Å². The molecule has 2 N–H and O–H groups in total. The topological polar surface area (TPSA) is 71.1 Å². The molecule has 1 aromatic carbocycles. The minimum Gasteiger partial charge on any atom is -0.344 e. The molecule has 2 amide bonds. The lowest BCUT2D eigenvalue weighted by Gasteiger charge is -2.07. The van der Waals surface area contributed by atoms with Crippen molar-refractivity contribution in [3.8, 4) is 0 Å². The van der Waals surface area contributed by atoms with Gasteiger partial charge in [-0.05, 0) is 36.1 Å². The zero-order valence-electron chi connectivity index (χ0n) is 11.5. The summed E-state index contributed by atoms with van der Waals surface area (Å²) in [7, 11) is 0. The van der Waals surface area contributed by atoms with Crippen molar-refractivity contribution in [1.29, 1.82) is 0 Å². The Morgan fingerprint density at radius 2 is 2.05 bits per heavy atom. The van der Waals surface area contributed by atoms with E-state index in [4.69, 9.17) is 0 Å². The van der Waals surface area contributed by atoms with Crippen molar-refractivity contribution >= 4 is 29.3 Å². The molecular weight excluding hydrogens is 286 g/mol. The molecule has 0 saturated carbocycles. The maximum absolute atomic E-state index is 11.8. The van der Waals surface area contributed by atoms with E-state index in [0.29, 0.717) is 5.69 Å². The van der Waals surface area contributed by atoms with E-state index < -0.39 is 11.8 Å². The number of rotatable bonds is 4. The number of anilines is 1. The Morgan fingerprint density at radius 1 is 1.19 bits per heavy atom. The van der Waals surface area contributed by atoms with Crippen molar-refractivity contribution in [2.75, 3.05) is 11.6 Å². The highest BCUT2D eigenvalue weighted by Gasteiger charge is 2.13. The molecule has 2 rings (SSSR count). The summed E-state index contributed by atoms with van der Waals surface area (Å²) in [5.74, 6) is -1.36. The van der Waals surface area contributed by atoms with Gasteiger partial charge in [-0.2, -0.15) is 0 Å². The zero-order valence-corrected chi connectivity index (χ0v) is 12.3. The lowest BCUT2D eigenvalue weighted by Crippen LogP contribution is -2.34. The number of carbonyl (C=O) groups is 2. The molecule has 6 heteroatoms. The second-order valence-corrected chi connectivity index (χ2v) is 5.11. The van der Waals surface area contributed by atoms with Gasteiger partial charge in [0.05, 0.1) is 0 Å². The van der Waals surface area contributed by atoms with E-state index in [0.717, 1.165) is 10.5 Å². The van der Waals surface area contributed by atoms with Crippen molar-refractivity contribution in [2.24, 2.45) is 0 Å². The average molecular weight is 301 g/mol. The number of pyridine rings is 1. The fraction of sp³-hybridized carbons (Fsp3) is 0.133. The van der Waals surface area contributed by atoms with Crippen LogP contribution in [0.2, 0.25) is 0 Å². The van der Waals surface area contributed by atoms with Gasteiger partial charge in [-0.1, -0.05) is 12.1 Å². The molecule has 1 heterocycles. The number of thioether (sulfide) groups is 1. The summed E-state index contributed by atoms with van der Waals surface area (Å²) in [5, 5.41) is 5.12. The van der Waals surface area contributed by atoms with Crippen LogP contribution in [0.4, 0.5) is 5.69 Å². The van der Waals surface area contributed by atoms with Gasteiger partial charge in [0.15, 0.2) is 0 Å². The summed E-state index contributed by atoms with van der Waals surface area (Å²) in [5.41, 5.74) is 1.44. The molecule has 21 heavy (non-hydrogen) atoms. The van der Waals surface area contributed by atoms with Crippen LogP contribution in [-0.2, 0) is 16.1 Å². The Kier molecular flexibility index (Phi) is 5.34. The van der Waals surface area contributed by atoms with E-state index in [9.17, 15) is 9.59 Å². The van der Waals surface area contributed by atoms with Gasteiger partial charge in [0.25, 0.3) is 0 Å². The van der Waals surface area contributed by atoms with Crippen molar-refractivity contribution in [3.05, 3.63) is 54.4 Å². The van der Waals surface area contributed by atoms with Gasteiger partial charge in [0.2, 0.25) is 0 Å². The Morgan fingerprint density at radius 3 is 2.76 bits per heavy atom. The van der Waals surface area contributed by atoms with Gasteiger partial charge in [0, 0.05) is 29.5 Å². The summed E-state index contributed by atoms with van der Waals surface area (Å²) in [6.07, 6.45) is 5.23. The minimum atomic E-state index is -0.683.